The molecule has 0 saturated carbocycles. The molecule has 0 radical (unpaired) electrons. The summed E-state index contributed by atoms with van der Waals surface area (Å²) in [6.07, 6.45) is 2.24. The summed E-state index contributed by atoms with van der Waals surface area (Å²) >= 11 is 4.86. The first-order chi connectivity index (χ1) is 5.86. The van der Waals surface area contributed by atoms with Gasteiger partial charge in [-0.1, -0.05) is 0 Å². The lowest BCUT2D eigenvalue weighted by atomic mass is 10.0. The molecule has 0 bridgehead atoms. The molecule has 1 aliphatic heterocycles. The predicted molar refractivity (Wildman–Crippen MR) is 46.6 cm³/mol. The Morgan fingerprint density at radius 2 is 2.42 bits per heavy atom. The number of rotatable bonds is 1. The minimum absolute atomic E-state index is 0.395. The molecule has 0 aliphatic carbocycles. The van der Waals surface area contributed by atoms with Crippen LogP contribution in [0.3, 0.4) is 0 Å². The lowest BCUT2D eigenvalue weighted by molar-refractivity contribution is 0.0781. The van der Waals surface area contributed by atoms with Crippen molar-refractivity contribution in [3.8, 4) is 0 Å². The highest BCUT2D eigenvalue weighted by atomic mass is 32.1. The van der Waals surface area contributed by atoms with E-state index in [0.717, 1.165) is 31.9 Å². The topological polar surface area (TPSA) is 53.7 Å². The van der Waals surface area contributed by atoms with Crippen molar-refractivity contribution in [1.82, 2.24) is 15.2 Å². The van der Waals surface area contributed by atoms with Gasteiger partial charge in [0.15, 0.2) is 0 Å². The van der Waals surface area contributed by atoms with Gasteiger partial charge in [-0.25, -0.2) is 4.98 Å². The van der Waals surface area contributed by atoms with Crippen LogP contribution in [0.2, 0.25) is 0 Å². The lowest BCUT2D eigenvalue weighted by Crippen LogP contribution is -2.16. The Hall–Kier alpha value is -0.680. The molecular weight excluding hydrogens is 174 g/mol. The number of aromatic amines is 2. The van der Waals surface area contributed by atoms with E-state index >= 15 is 0 Å². The van der Waals surface area contributed by atoms with Crippen LogP contribution in [-0.4, -0.2) is 28.4 Å². The van der Waals surface area contributed by atoms with Gasteiger partial charge < -0.3 is 4.74 Å². The predicted octanol–water partition coefficient (Wildman–Crippen LogP) is 1.36. The Bertz CT molecular complexity index is 300. The van der Waals surface area contributed by atoms with Crippen LogP contribution >= 0.6 is 12.2 Å². The monoisotopic (exact) mass is 185 g/mol. The summed E-state index contributed by atoms with van der Waals surface area (Å²) in [6.45, 7) is 1.64. The van der Waals surface area contributed by atoms with Gasteiger partial charge in [-0.05, 0) is 25.1 Å². The highest BCUT2D eigenvalue weighted by molar-refractivity contribution is 7.71. The number of hydrogen-bond donors (Lipinski definition) is 2. The number of hydrogen-bond acceptors (Lipinski definition) is 3. The maximum atomic E-state index is 5.34. The first-order valence-corrected chi connectivity index (χ1v) is 4.49. The molecule has 0 aromatic carbocycles. The van der Waals surface area contributed by atoms with E-state index < -0.39 is 0 Å². The Morgan fingerprint density at radius 3 is 3.00 bits per heavy atom. The van der Waals surface area contributed by atoms with Gasteiger partial charge in [0.1, 0.15) is 5.82 Å². The van der Waals surface area contributed by atoms with Crippen LogP contribution in [0.1, 0.15) is 24.6 Å². The van der Waals surface area contributed by atoms with Crippen molar-refractivity contribution >= 4 is 12.2 Å². The summed E-state index contributed by atoms with van der Waals surface area (Å²) in [5.74, 6) is 1.33. The second-order valence-electron chi connectivity index (χ2n) is 2.97. The molecule has 0 amide bonds. The van der Waals surface area contributed by atoms with Crippen LogP contribution in [0.5, 0.6) is 0 Å². The number of H-pyrrole nitrogens is 2. The van der Waals surface area contributed by atoms with E-state index in [0.29, 0.717) is 10.7 Å². The van der Waals surface area contributed by atoms with Crippen LogP contribution in [0.4, 0.5) is 0 Å². The number of aromatic nitrogens is 3. The maximum absolute atomic E-state index is 5.34. The first kappa shape index (κ1) is 7.94. The summed E-state index contributed by atoms with van der Waals surface area (Å²) in [5.41, 5.74) is 0. The smallest absolute Gasteiger partial charge is 0.213 e. The number of ether oxygens (including phenoxy) is 1. The van der Waals surface area contributed by atoms with Crippen molar-refractivity contribution in [2.24, 2.45) is 0 Å². The Kier molecular flexibility index (Phi) is 2.23. The SMILES string of the molecule is S=c1nc(C2CCCOC2)[nH][nH]1. The fourth-order valence-corrected chi connectivity index (χ4v) is 1.58. The molecule has 5 heteroatoms. The molecule has 1 atom stereocenters. The quantitative estimate of drug-likeness (QED) is 0.649. The van der Waals surface area contributed by atoms with Crippen LogP contribution in [0, 0.1) is 4.77 Å². The van der Waals surface area contributed by atoms with Crippen molar-refractivity contribution < 1.29 is 4.74 Å². The molecular formula is C7H11N3OS. The number of nitrogens with zero attached hydrogens (tertiary/aromatic N) is 1. The third kappa shape index (κ3) is 1.56. The molecule has 4 nitrogen and oxygen atoms in total. The van der Waals surface area contributed by atoms with E-state index in [4.69, 9.17) is 17.0 Å². The molecule has 12 heavy (non-hydrogen) atoms. The Morgan fingerprint density at radius 1 is 1.50 bits per heavy atom. The van der Waals surface area contributed by atoms with Crippen molar-refractivity contribution in [2.75, 3.05) is 13.2 Å². The van der Waals surface area contributed by atoms with Crippen LogP contribution in [0.15, 0.2) is 0 Å². The highest BCUT2D eigenvalue weighted by Crippen LogP contribution is 2.21. The van der Waals surface area contributed by atoms with Crippen molar-refractivity contribution in [3.63, 3.8) is 0 Å². The molecule has 2 heterocycles. The lowest BCUT2D eigenvalue weighted by Gasteiger charge is -2.19. The van der Waals surface area contributed by atoms with Gasteiger partial charge in [0, 0.05) is 12.5 Å². The summed E-state index contributed by atoms with van der Waals surface area (Å²) < 4.78 is 5.86. The zero-order valence-electron chi connectivity index (χ0n) is 6.67. The van der Waals surface area contributed by atoms with E-state index in [1.165, 1.54) is 0 Å². The van der Waals surface area contributed by atoms with E-state index in [-0.39, 0.29) is 0 Å². The molecule has 1 saturated heterocycles. The zero-order chi connectivity index (χ0) is 8.39. The second kappa shape index (κ2) is 3.37. The summed E-state index contributed by atoms with van der Waals surface area (Å²) in [7, 11) is 0. The van der Waals surface area contributed by atoms with E-state index in [1.54, 1.807) is 0 Å². The van der Waals surface area contributed by atoms with Gasteiger partial charge >= 0.3 is 0 Å². The van der Waals surface area contributed by atoms with Crippen molar-refractivity contribution in [3.05, 3.63) is 10.6 Å². The third-order valence-corrected chi connectivity index (χ3v) is 2.26. The zero-order valence-corrected chi connectivity index (χ0v) is 7.49. The summed E-state index contributed by atoms with van der Waals surface area (Å²) in [4.78, 5) is 4.16. The van der Waals surface area contributed by atoms with Gasteiger partial charge in [0.2, 0.25) is 4.77 Å². The van der Waals surface area contributed by atoms with Gasteiger partial charge in [-0.2, -0.15) is 0 Å². The minimum atomic E-state index is 0.395. The van der Waals surface area contributed by atoms with Crippen LogP contribution in [0.25, 0.3) is 0 Å². The molecule has 2 N–H and O–H groups in total. The summed E-state index contributed by atoms with van der Waals surface area (Å²) in [6, 6.07) is 0. The van der Waals surface area contributed by atoms with Crippen LogP contribution in [-0.2, 0) is 4.74 Å². The Labute approximate surface area is 75.3 Å². The molecule has 1 aliphatic rings. The second-order valence-corrected chi connectivity index (χ2v) is 3.35. The molecule has 1 aromatic rings. The van der Waals surface area contributed by atoms with Gasteiger partial charge in [-0.3, -0.25) is 10.2 Å². The first-order valence-electron chi connectivity index (χ1n) is 4.08. The fraction of sp³-hybridized carbons (Fsp3) is 0.714. The van der Waals surface area contributed by atoms with Crippen molar-refractivity contribution in [2.45, 2.75) is 18.8 Å². The molecule has 1 fully saturated rings. The molecule has 66 valence electrons. The molecule has 1 aromatic heterocycles. The van der Waals surface area contributed by atoms with E-state index in [1.807, 2.05) is 0 Å². The average molecular weight is 185 g/mol. The van der Waals surface area contributed by atoms with E-state index in [9.17, 15) is 0 Å². The largest absolute Gasteiger partial charge is 0.381 e. The normalized spacial score (nSPS) is 24.2. The molecule has 2 rings (SSSR count). The third-order valence-electron chi connectivity index (χ3n) is 2.07. The average Bonchev–Trinajstić information content (AvgIpc) is 2.54. The fourth-order valence-electron chi connectivity index (χ4n) is 1.43. The van der Waals surface area contributed by atoms with Gasteiger partial charge in [-0.15, -0.1) is 0 Å². The van der Waals surface area contributed by atoms with Gasteiger partial charge in [0.25, 0.3) is 0 Å². The maximum Gasteiger partial charge on any atom is 0.213 e. The molecule has 1 unspecified atom stereocenters. The van der Waals surface area contributed by atoms with Crippen molar-refractivity contribution in [1.29, 1.82) is 0 Å². The Balaban J connectivity index is 2.13. The van der Waals surface area contributed by atoms with Gasteiger partial charge in [0.05, 0.1) is 6.61 Å². The molecule has 0 spiro atoms. The van der Waals surface area contributed by atoms with Crippen LogP contribution < -0.4 is 0 Å². The highest BCUT2D eigenvalue weighted by Gasteiger charge is 2.18. The standard InChI is InChI=1S/C7H11N3OS/c12-7-8-6(9-10-7)5-2-1-3-11-4-5/h5H,1-4H2,(H2,8,9,10,12). The number of nitrogens with one attached hydrogen (secondary N) is 2. The van der Waals surface area contributed by atoms with E-state index in [2.05, 4.69) is 15.2 Å². The summed E-state index contributed by atoms with van der Waals surface area (Å²) in [5, 5.41) is 5.74. The minimum Gasteiger partial charge on any atom is -0.381 e.